The predicted molar refractivity (Wildman–Crippen MR) is 263 cm³/mol. The number of nitrogens with zero attached hydrogens (tertiary/aromatic N) is 9. The number of rotatable bonds is 8. The SMILES string of the molecule is O=c1c2cc(-n3c4ccccc4c4cc(-c5ccccc5)ccc43)ccc2n(-c2nc(-c3ccccc3)nc(-c3ccccc3)n2)c(=O)n1-c1nc(-c2ccccc2)nc(-c2ccccc2)n1. The van der Waals surface area contributed by atoms with E-state index in [2.05, 4.69) is 47.0 Å². The van der Waals surface area contributed by atoms with Crippen molar-refractivity contribution in [1.29, 1.82) is 0 Å². The normalized spacial score (nSPS) is 11.4. The highest BCUT2D eigenvalue weighted by molar-refractivity contribution is 6.10. The summed E-state index contributed by atoms with van der Waals surface area (Å²) >= 11 is 0. The number of para-hydroxylation sites is 1. The molecule has 8 aromatic carbocycles. The molecule has 0 saturated heterocycles. The van der Waals surface area contributed by atoms with Crippen molar-refractivity contribution < 1.29 is 0 Å². The molecule has 0 aliphatic carbocycles. The fourth-order valence-corrected chi connectivity index (χ4v) is 8.67. The van der Waals surface area contributed by atoms with Crippen molar-refractivity contribution >= 4 is 32.7 Å². The zero-order chi connectivity index (χ0) is 44.8. The Morgan fingerprint density at radius 3 is 1.19 bits per heavy atom. The molecule has 67 heavy (non-hydrogen) atoms. The van der Waals surface area contributed by atoms with Gasteiger partial charge in [0.25, 0.3) is 5.56 Å². The topological polar surface area (TPSA) is 126 Å². The summed E-state index contributed by atoms with van der Waals surface area (Å²) < 4.78 is 4.50. The first-order valence-electron chi connectivity index (χ1n) is 21.7. The van der Waals surface area contributed by atoms with Crippen LogP contribution < -0.4 is 11.2 Å². The van der Waals surface area contributed by atoms with Gasteiger partial charge in [0.1, 0.15) is 0 Å². The Labute approximate surface area is 382 Å². The molecule has 11 nitrogen and oxygen atoms in total. The van der Waals surface area contributed by atoms with Gasteiger partial charge in [-0.2, -0.15) is 24.5 Å². The molecule has 11 heteroatoms. The Morgan fingerprint density at radius 2 is 0.687 bits per heavy atom. The lowest BCUT2D eigenvalue weighted by Crippen LogP contribution is -2.40. The molecule has 0 unspecified atom stereocenters. The molecule has 0 aliphatic heterocycles. The van der Waals surface area contributed by atoms with Crippen LogP contribution in [0.15, 0.2) is 222 Å². The fourth-order valence-electron chi connectivity index (χ4n) is 8.67. The summed E-state index contributed by atoms with van der Waals surface area (Å²) in [6, 6.07) is 68.3. The Bertz CT molecular complexity index is 3840. The van der Waals surface area contributed by atoms with E-state index in [1.54, 1.807) is 6.07 Å². The molecule has 12 aromatic rings. The van der Waals surface area contributed by atoms with Crippen LogP contribution in [0.25, 0.3) is 107 Å². The van der Waals surface area contributed by atoms with Crippen LogP contribution in [0.3, 0.4) is 0 Å². The van der Waals surface area contributed by atoms with Crippen molar-refractivity contribution in [3.8, 4) is 74.3 Å². The van der Waals surface area contributed by atoms with Crippen molar-refractivity contribution in [2.45, 2.75) is 0 Å². The number of hydrogen-bond donors (Lipinski definition) is 0. The molecule has 0 aliphatic rings. The summed E-state index contributed by atoms with van der Waals surface area (Å²) in [5, 5.41) is 2.31. The Kier molecular flexibility index (Phi) is 9.50. The van der Waals surface area contributed by atoms with Crippen LogP contribution in [0, 0.1) is 0 Å². The highest BCUT2D eigenvalue weighted by Crippen LogP contribution is 2.36. The third-order valence-electron chi connectivity index (χ3n) is 11.9. The molecular weight excluding hydrogens is 831 g/mol. The third kappa shape index (κ3) is 6.95. The van der Waals surface area contributed by atoms with Gasteiger partial charge in [-0.05, 0) is 47.5 Å². The van der Waals surface area contributed by atoms with E-state index in [1.165, 1.54) is 4.57 Å². The van der Waals surface area contributed by atoms with E-state index >= 15 is 9.59 Å². The van der Waals surface area contributed by atoms with E-state index in [1.807, 2.05) is 164 Å². The molecule has 0 atom stereocenters. The molecule has 0 spiro atoms. The molecule has 0 bridgehead atoms. The maximum Gasteiger partial charge on any atom is 0.345 e. The second-order valence-corrected chi connectivity index (χ2v) is 15.9. The molecule has 0 N–H and O–H groups in total. The van der Waals surface area contributed by atoms with Gasteiger partial charge in [0.05, 0.1) is 21.9 Å². The Hall–Kier alpha value is -9.48. The lowest BCUT2D eigenvalue weighted by Gasteiger charge is -2.16. The molecule has 0 fully saturated rings. The van der Waals surface area contributed by atoms with Crippen LogP contribution in [0.4, 0.5) is 0 Å². The van der Waals surface area contributed by atoms with Gasteiger partial charge >= 0.3 is 5.69 Å². The van der Waals surface area contributed by atoms with Crippen LogP contribution >= 0.6 is 0 Å². The van der Waals surface area contributed by atoms with E-state index in [0.717, 1.165) is 48.6 Å². The summed E-state index contributed by atoms with van der Waals surface area (Å²) in [5.74, 6) is 1.11. The molecule has 0 saturated carbocycles. The van der Waals surface area contributed by atoms with Crippen molar-refractivity contribution in [3.63, 3.8) is 0 Å². The van der Waals surface area contributed by atoms with Crippen molar-refractivity contribution in [3.05, 3.63) is 233 Å². The zero-order valence-corrected chi connectivity index (χ0v) is 35.5. The number of aromatic nitrogens is 9. The average Bonchev–Trinajstić information content (AvgIpc) is 3.73. The average molecular weight is 866 g/mol. The van der Waals surface area contributed by atoms with Crippen LogP contribution in [0.5, 0.6) is 0 Å². The van der Waals surface area contributed by atoms with Crippen molar-refractivity contribution in [2.75, 3.05) is 0 Å². The lowest BCUT2D eigenvalue weighted by molar-refractivity contribution is 0.758. The molecule has 4 heterocycles. The van der Waals surface area contributed by atoms with Gasteiger partial charge in [-0.1, -0.05) is 176 Å². The maximum atomic E-state index is 15.5. The summed E-state index contributed by atoms with van der Waals surface area (Å²) in [5.41, 5.74) is 6.48. The van der Waals surface area contributed by atoms with Crippen molar-refractivity contribution in [2.24, 2.45) is 0 Å². The quantitative estimate of drug-likeness (QED) is 0.148. The van der Waals surface area contributed by atoms with E-state index in [9.17, 15) is 0 Å². The van der Waals surface area contributed by atoms with Gasteiger partial charge < -0.3 is 4.57 Å². The minimum atomic E-state index is -0.774. The summed E-state index contributed by atoms with van der Waals surface area (Å²) in [4.78, 5) is 60.3. The number of fused-ring (bicyclic) bond motifs is 4. The summed E-state index contributed by atoms with van der Waals surface area (Å²) in [6.07, 6.45) is 0. The van der Waals surface area contributed by atoms with Gasteiger partial charge in [-0.15, -0.1) is 0 Å². The van der Waals surface area contributed by atoms with Gasteiger partial charge in [-0.25, -0.2) is 19.3 Å². The summed E-state index contributed by atoms with van der Waals surface area (Å²) in [6.45, 7) is 0. The summed E-state index contributed by atoms with van der Waals surface area (Å²) in [7, 11) is 0. The number of hydrogen-bond acceptors (Lipinski definition) is 8. The van der Waals surface area contributed by atoms with Gasteiger partial charge in [0, 0.05) is 38.7 Å². The van der Waals surface area contributed by atoms with Gasteiger partial charge in [0.2, 0.25) is 11.9 Å². The molecule has 4 aromatic heterocycles. The minimum absolute atomic E-state index is 0.00938. The minimum Gasteiger partial charge on any atom is -0.309 e. The highest BCUT2D eigenvalue weighted by atomic mass is 16.2. The number of benzene rings is 8. The van der Waals surface area contributed by atoms with E-state index in [-0.39, 0.29) is 34.4 Å². The third-order valence-corrected chi connectivity index (χ3v) is 11.9. The second kappa shape index (κ2) is 16.3. The van der Waals surface area contributed by atoms with Gasteiger partial charge in [-0.3, -0.25) is 4.79 Å². The second-order valence-electron chi connectivity index (χ2n) is 15.9. The van der Waals surface area contributed by atoms with Crippen LogP contribution in [-0.2, 0) is 0 Å². The monoisotopic (exact) mass is 865 g/mol. The molecule has 316 valence electrons. The van der Waals surface area contributed by atoms with Crippen molar-refractivity contribution in [1.82, 2.24) is 43.6 Å². The molecule has 0 radical (unpaired) electrons. The first kappa shape index (κ1) is 39.1. The zero-order valence-electron chi connectivity index (χ0n) is 35.5. The van der Waals surface area contributed by atoms with Crippen LogP contribution in [0.2, 0.25) is 0 Å². The lowest BCUT2D eigenvalue weighted by atomic mass is 10.0. The Morgan fingerprint density at radius 1 is 0.284 bits per heavy atom. The molecular formula is C56H35N9O2. The van der Waals surface area contributed by atoms with E-state index in [0.29, 0.717) is 28.5 Å². The van der Waals surface area contributed by atoms with Crippen LogP contribution in [-0.4, -0.2) is 43.6 Å². The maximum absolute atomic E-state index is 15.5. The smallest absolute Gasteiger partial charge is 0.309 e. The Balaban J connectivity index is 1.16. The predicted octanol–water partition coefficient (Wildman–Crippen LogP) is 10.9. The fraction of sp³-hybridized carbons (Fsp3) is 0. The standard InChI is InChI=1S/C56H35N9O2/c66-53-45-35-42(63-46-29-17-16-28-43(46)44-34-41(30-32-47(44)63)36-18-6-1-7-19-36)31-33-48(45)64(54-59-49(37-20-8-2-9-21-37)57-50(60-54)38-22-10-3-11-23-38)56(67)65(53)55-61-51(39-24-12-4-13-25-39)58-52(62-55)40-26-14-5-15-27-40/h1-35H. The highest BCUT2D eigenvalue weighted by Gasteiger charge is 2.24. The van der Waals surface area contributed by atoms with Gasteiger partial charge in [0.15, 0.2) is 23.3 Å². The first-order chi connectivity index (χ1) is 33.1. The molecule has 0 amide bonds. The molecule has 12 rings (SSSR count). The van der Waals surface area contributed by atoms with Crippen LogP contribution in [0.1, 0.15) is 0 Å². The van der Waals surface area contributed by atoms with E-state index in [4.69, 9.17) is 29.9 Å². The largest absolute Gasteiger partial charge is 0.345 e. The van der Waals surface area contributed by atoms with E-state index < -0.39 is 11.2 Å². The first-order valence-corrected chi connectivity index (χ1v) is 21.7.